The van der Waals surface area contributed by atoms with Crippen LogP contribution in [0.15, 0.2) is 0 Å². The number of hydrogen-bond donors (Lipinski definition) is 3. The van der Waals surface area contributed by atoms with Crippen molar-refractivity contribution < 1.29 is 20.1 Å². The molecular weight excluding hydrogens is 228 g/mol. The predicted molar refractivity (Wildman–Crippen MR) is 63.5 cm³/mol. The first kappa shape index (κ1) is 13.8. The first-order valence-electron chi connectivity index (χ1n) is 5.78. The van der Waals surface area contributed by atoms with Gasteiger partial charge in [0.15, 0.2) is 0 Å². The van der Waals surface area contributed by atoms with Crippen molar-refractivity contribution >= 4 is 17.7 Å². The van der Waals surface area contributed by atoms with Gasteiger partial charge in [-0.3, -0.25) is 4.79 Å². The van der Waals surface area contributed by atoms with Gasteiger partial charge in [-0.15, -0.1) is 0 Å². The van der Waals surface area contributed by atoms with Gasteiger partial charge in [-0.05, 0) is 12.8 Å². The van der Waals surface area contributed by atoms with Crippen LogP contribution in [0.5, 0.6) is 0 Å². The van der Waals surface area contributed by atoms with E-state index in [1.165, 1.54) is 11.8 Å². The van der Waals surface area contributed by atoms with Gasteiger partial charge >= 0.3 is 5.97 Å². The summed E-state index contributed by atoms with van der Waals surface area (Å²) < 4.78 is 0. The highest BCUT2D eigenvalue weighted by Gasteiger charge is 2.30. The highest BCUT2D eigenvalue weighted by molar-refractivity contribution is 8.00. The van der Waals surface area contributed by atoms with Crippen molar-refractivity contribution in [3.8, 4) is 0 Å². The Hall–Kier alpha value is -0.260. The lowest BCUT2D eigenvalue weighted by Gasteiger charge is -2.21. The highest BCUT2D eigenvalue weighted by atomic mass is 32.2. The maximum atomic E-state index is 11.1. The monoisotopic (exact) mass is 248 g/mol. The van der Waals surface area contributed by atoms with Crippen molar-refractivity contribution in [2.75, 3.05) is 12.4 Å². The molecule has 94 valence electrons. The highest BCUT2D eigenvalue weighted by Crippen LogP contribution is 2.32. The van der Waals surface area contributed by atoms with Gasteiger partial charge in [0.05, 0.1) is 18.6 Å². The van der Waals surface area contributed by atoms with Crippen LogP contribution in [-0.4, -0.2) is 45.0 Å². The molecule has 5 heteroatoms. The van der Waals surface area contributed by atoms with Crippen LogP contribution < -0.4 is 0 Å². The van der Waals surface area contributed by atoms with E-state index >= 15 is 0 Å². The molecule has 4 nitrogen and oxygen atoms in total. The number of aliphatic hydroxyl groups is 2. The van der Waals surface area contributed by atoms with Gasteiger partial charge in [0.25, 0.3) is 0 Å². The summed E-state index contributed by atoms with van der Waals surface area (Å²) in [5.41, 5.74) is 0. The molecule has 0 aromatic carbocycles. The smallest absolute Gasteiger partial charge is 0.307 e. The molecule has 0 spiro atoms. The maximum absolute atomic E-state index is 11.1. The lowest BCUT2D eigenvalue weighted by molar-refractivity contribution is -0.141. The SMILES string of the molecule is O=C(O)C1CCCCCC1SCC(O)CO. The summed E-state index contributed by atoms with van der Waals surface area (Å²) in [6.45, 7) is -0.253. The van der Waals surface area contributed by atoms with Gasteiger partial charge in [0.1, 0.15) is 0 Å². The molecule has 0 saturated heterocycles. The second-order valence-corrected chi connectivity index (χ2v) is 5.56. The minimum Gasteiger partial charge on any atom is -0.481 e. The normalized spacial score (nSPS) is 28.4. The standard InChI is InChI=1S/C11H20O4S/c12-6-8(13)7-16-10-5-3-1-2-4-9(10)11(14)15/h8-10,12-13H,1-7H2,(H,14,15). The zero-order valence-corrected chi connectivity index (χ0v) is 10.2. The van der Waals surface area contributed by atoms with E-state index in [1.54, 1.807) is 0 Å². The van der Waals surface area contributed by atoms with E-state index in [-0.39, 0.29) is 17.8 Å². The van der Waals surface area contributed by atoms with Crippen molar-refractivity contribution in [1.82, 2.24) is 0 Å². The summed E-state index contributed by atoms with van der Waals surface area (Å²) in [5.74, 6) is -0.596. The Morgan fingerprint density at radius 1 is 1.31 bits per heavy atom. The second-order valence-electron chi connectivity index (χ2n) is 4.29. The molecule has 0 radical (unpaired) electrons. The van der Waals surface area contributed by atoms with Crippen LogP contribution >= 0.6 is 11.8 Å². The molecule has 3 N–H and O–H groups in total. The number of hydrogen-bond acceptors (Lipinski definition) is 4. The Morgan fingerprint density at radius 2 is 2.00 bits per heavy atom. The zero-order chi connectivity index (χ0) is 12.0. The number of carbonyl (C=O) groups is 1. The number of rotatable bonds is 5. The summed E-state index contributed by atoms with van der Waals surface area (Å²) in [6.07, 6.45) is 4.06. The van der Waals surface area contributed by atoms with E-state index in [9.17, 15) is 9.90 Å². The Morgan fingerprint density at radius 3 is 2.62 bits per heavy atom. The second kappa shape index (κ2) is 7.14. The van der Waals surface area contributed by atoms with E-state index in [2.05, 4.69) is 0 Å². The van der Waals surface area contributed by atoms with Gasteiger partial charge < -0.3 is 15.3 Å². The number of aliphatic carboxylic acids is 1. The van der Waals surface area contributed by atoms with Crippen LogP contribution in [-0.2, 0) is 4.79 Å². The quantitative estimate of drug-likeness (QED) is 0.635. The molecule has 1 fully saturated rings. The average Bonchev–Trinajstić information content (AvgIpc) is 2.50. The predicted octanol–water partition coefficient (Wildman–Crippen LogP) is 1.11. The number of thioether (sulfide) groups is 1. The third-order valence-corrected chi connectivity index (χ3v) is 4.55. The van der Waals surface area contributed by atoms with Gasteiger partial charge in [0.2, 0.25) is 0 Å². The van der Waals surface area contributed by atoms with Gasteiger partial charge in [-0.2, -0.15) is 11.8 Å². The van der Waals surface area contributed by atoms with Crippen molar-refractivity contribution in [3.05, 3.63) is 0 Å². The van der Waals surface area contributed by atoms with Crippen LogP contribution in [0.25, 0.3) is 0 Å². The Labute approximate surface area is 100 Å². The molecule has 0 aromatic heterocycles. The molecule has 1 aliphatic carbocycles. The third-order valence-electron chi connectivity index (χ3n) is 2.98. The number of aliphatic hydroxyl groups excluding tert-OH is 2. The molecule has 0 amide bonds. The van der Waals surface area contributed by atoms with Crippen molar-refractivity contribution in [2.45, 2.75) is 43.5 Å². The molecule has 1 saturated carbocycles. The van der Waals surface area contributed by atoms with Crippen molar-refractivity contribution in [3.63, 3.8) is 0 Å². The number of carboxylic acid groups (broad SMARTS) is 1. The molecule has 1 rings (SSSR count). The van der Waals surface area contributed by atoms with Crippen LogP contribution in [0.4, 0.5) is 0 Å². The Kier molecular flexibility index (Phi) is 6.16. The third kappa shape index (κ3) is 4.31. The van der Waals surface area contributed by atoms with Gasteiger partial charge in [-0.25, -0.2) is 0 Å². The molecule has 16 heavy (non-hydrogen) atoms. The fraction of sp³-hybridized carbons (Fsp3) is 0.909. The van der Waals surface area contributed by atoms with Crippen molar-refractivity contribution in [1.29, 1.82) is 0 Å². The fourth-order valence-corrected chi connectivity index (χ4v) is 3.44. The summed E-state index contributed by atoms with van der Waals surface area (Å²) in [7, 11) is 0. The lowest BCUT2D eigenvalue weighted by Crippen LogP contribution is -2.27. The maximum Gasteiger partial charge on any atom is 0.307 e. The molecule has 0 heterocycles. The van der Waals surface area contributed by atoms with Crippen LogP contribution in [0.1, 0.15) is 32.1 Å². The Balaban J connectivity index is 2.47. The Bertz CT molecular complexity index is 222. The topological polar surface area (TPSA) is 77.8 Å². The lowest BCUT2D eigenvalue weighted by atomic mass is 10.0. The molecule has 0 aromatic rings. The number of carboxylic acids is 1. The summed E-state index contributed by atoms with van der Waals surface area (Å²) >= 11 is 1.49. The zero-order valence-electron chi connectivity index (χ0n) is 9.34. The van der Waals surface area contributed by atoms with Crippen LogP contribution in [0, 0.1) is 5.92 Å². The summed E-state index contributed by atoms with van der Waals surface area (Å²) in [5, 5.41) is 27.2. The van der Waals surface area contributed by atoms with Crippen LogP contribution in [0.2, 0.25) is 0 Å². The van der Waals surface area contributed by atoms with E-state index in [4.69, 9.17) is 10.2 Å². The van der Waals surface area contributed by atoms with Crippen molar-refractivity contribution in [2.24, 2.45) is 5.92 Å². The van der Waals surface area contributed by atoms with Crippen LogP contribution in [0.3, 0.4) is 0 Å². The molecule has 1 aliphatic rings. The van der Waals surface area contributed by atoms with E-state index in [0.717, 1.165) is 32.1 Å². The molecule has 0 aliphatic heterocycles. The van der Waals surface area contributed by atoms with E-state index in [0.29, 0.717) is 5.75 Å². The summed E-state index contributed by atoms with van der Waals surface area (Å²) in [6, 6.07) is 0. The first-order valence-corrected chi connectivity index (χ1v) is 6.83. The molecular formula is C11H20O4S. The molecule has 3 unspecified atom stereocenters. The van der Waals surface area contributed by atoms with E-state index < -0.39 is 12.1 Å². The average molecular weight is 248 g/mol. The summed E-state index contributed by atoms with van der Waals surface area (Å²) in [4.78, 5) is 11.1. The minimum absolute atomic E-state index is 0.0844. The largest absolute Gasteiger partial charge is 0.481 e. The van der Waals surface area contributed by atoms with Gasteiger partial charge in [-0.1, -0.05) is 19.3 Å². The minimum atomic E-state index is -0.734. The first-order chi connectivity index (χ1) is 7.65. The molecule has 3 atom stereocenters. The molecule has 0 bridgehead atoms. The van der Waals surface area contributed by atoms with Gasteiger partial charge in [0, 0.05) is 11.0 Å². The fourth-order valence-electron chi connectivity index (χ4n) is 2.04. The van der Waals surface area contributed by atoms with E-state index in [1.807, 2.05) is 0 Å².